The highest BCUT2D eigenvalue weighted by molar-refractivity contribution is 5.91. The maximum Gasteiger partial charge on any atom is 0.335 e. The van der Waals surface area contributed by atoms with Gasteiger partial charge in [0.1, 0.15) is 16.8 Å². The van der Waals surface area contributed by atoms with Crippen LogP contribution >= 0.6 is 0 Å². The summed E-state index contributed by atoms with van der Waals surface area (Å²) in [6, 6.07) is 12.4. The molecule has 0 fully saturated rings. The maximum atomic E-state index is 11.2. The summed E-state index contributed by atoms with van der Waals surface area (Å²) in [7, 11) is 0. The number of aromatic nitrogens is 3. The largest absolute Gasteiger partial charge is 0.423 e. The van der Waals surface area contributed by atoms with E-state index in [1.165, 1.54) is 0 Å². The zero-order chi connectivity index (χ0) is 14.8. The van der Waals surface area contributed by atoms with Gasteiger partial charge in [-0.1, -0.05) is 30.8 Å². The number of ether oxygens (including phenoxy) is 1. The van der Waals surface area contributed by atoms with E-state index in [-0.39, 0.29) is 0 Å². The molecule has 0 radical (unpaired) electrons. The topological polar surface area (TPSA) is 77.2 Å². The average Bonchev–Trinajstić information content (AvgIpc) is 2.87. The Morgan fingerprint density at radius 3 is 2.86 bits per heavy atom. The monoisotopic (exact) mass is 281 g/mol. The molecule has 0 atom stereocenters. The van der Waals surface area contributed by atoms with Crippen molar-refractivity contribution in [1.82, 2.24) is 15.2 Å². The third kappa shape index (κ3) is 2.46. The summed E-state index contributed by atoms with van der Waals surface area (Å²) in [6.45, 7) is 3.36. The summed E-state index contributed by atoms with van der Waals surface area (Å²) in [5, 5.41) is 17.1. The quantitative estimate of drug-likeness (QED) is 0.345. The van der Waals surface area contributed by atoms with Gasteiger partial charge in [-0.15, -0.1) is 10.2 Å². The average molecular weight is 281 g/mol. The smallest absolute Gasteiger partial charge is 0.335 e. The first-order chi connectivity index (χ1) is 10.2. The predicted octanol–water partition coefficient (Wildman–Crippen LogP) is 2.43. The van der Waals surface area contributed by atoms with Gasteiger partial charge in [-0.25, -0.2) is 4.79 Å². The van der Waals surface area contributed by atoms with Gasteiger partial charge >= 0.3 is 5.97 Å². The lowest BCUT2D eigenvalue weighted by atomic mass is 10.0. The fourth-order valence-corrected chi connectivity index (χ4v) is 2.04. The molecule has 0 aliphatic heterocycles. The van der Waals surface area contributed by atoms with E-state index in [1.54, 1.807) is 24.3 Å². The lowest BCUT2D eigenvalue weighted by Gasteiger charge is -2.05. The number of nitrogens with zero attached hydrogens (tertiary/aromatic N) is 3. The van der Waals surface area contributed by atoms with Gasteiger partial charge in [-0.2, -0.15) is 0 Å². The highest BCUT2D eigenvalue weighted by Gasteiger charge is 2.10. The van der Waals surface area contributed by atoms with Gasteiger partial charge in [-0.05, 0) is 28.7 Å². The van der Waals surface area contributed by atoms with Crippen molar-refractivity contribution < 1.29 is 14.7 Å². The third-order valence-corrected chi connectivity index (χ3v) is 2.93. The number of hydrogen-bond donors (Lipinski definition) is 1. The lowest BCUT2D eigenvalue weighted by Crippen LogP contribution is -2.02. The van der Waals surface area contributed by atoms with Crippen LogP contribution in [-0.4, -0.2) is 26.3 Å². The van der Waals surface area contributed by atoms with Gasteiger partial charge in [0.25, 0.3) is 0 Å². The van der Waals surface area contributed by atoms with Crippen molar-refractivity contribution >= 4 is 17.0 Å². The Kier molecular flexibility index (Phi) is 3.12. The molecule has 0 bridgehead atoms. The fourth-order valence-electron chi connectivity index (χ4n) is 2.04. The number of rotatable bonds is 3. The first kappa shape index (κ1) is 12.9. The van der Waals surface area contributed by atoms with E-state index < -0.39 is 5.97 Å². The number of fused-ring (bicyclic) bond motifs is 1. The van der Waals surface area contributed by atoms with Crippen molar-refractivity contribution in [2.75, 3.05) is 0 Å². The van der Waals surface area contributed by atoms with E-state index in [2.05, 4.69) is 16.8 Å². The minimum Gasteiger partial charge on any atom is -0.423 e. The van der Waals surface area contributed by atoms with Gasteiger partial charge < -0.3 is 9.94 Å². The molecule has 1 aromatic heterocycles. The number of carbonyl (C=O) groups excluding carboxylic acids is 1. The molecule has 3 rings (SSSR count). The van der Waals surface area contributed by atoms with Crippen LogP contribution in [0.25, 0.3) is 22.2 Å². The number of carbonyl (C=O) groups is 1. The summed E-state index contributed by atoms with van der Waals surface area (Å²) >= 11 is 0. The minimum atomic E-state index is -0.522. The second-order valence-corrected chi connectivity index (χ2v) is 4.29. The number of hydrogen-bond acceptors (Lipinski definition) is 5. The lowest BCUT2D eigenvalue weighted by molar-refractivity contribution is -0.128. The summed E-state index contributed by atoms with van der Waals surface area (Å²) in [5.41, 5.74) is 2.72. The Morgan fingerprint density at radius 1 is 1.24 bits per heavy atom. The Balaban J connectivity index is 2.08. The van der Waals surface area contributed by atoms with E-state index in [9.17, 15) is 10.0 Å². The molecule has 2 aromatic carbocycles. The van der Waals surface area contributed by atoms with Gasteiger partial charge in [0, 0.05) is 11.6 Å². The van der Waals surface area contributed by atoms with Crippen LogP contribution in [0.15, 0.2) is 55.1 Å². The third-order valence-electron chi connectivity index (χ3n) is 2.93. The molecule has 3 aromatic rings. The standard InChI is InChI=1S/C15H11N3O3/c1-2-14(19)21-11-6-3-5-10(9-11)12-7-4-8-13-15(12)17-18(20)16-13/h2-9,20H,1H2. The van der Waals surface area contributed by atoms with E-state index in [1.807, 2.05) is 18.2 Å². The van der Waals surface area contributed by atoms with Crippen LogP contribution in [0.4, 0.5) is 0 Å². The number of esters is 1. The van der Waals surface area contributed by atoms with Crippen molar-refractivity contribution in [3.8, 4) is 16.9 Å². The molecular weight excluding hydrogens is 270 g/mol. The van der Waals surface area contributed by atoms with Crippen molar-refractivity contribution in [1.29, 1.82) is 0 Å². The SMILES string of the molecule is C=CC(=O)Oc1cccc(-c2cccc3nn(O)nc23)c1. The Labute approximate surface area is 119 Å². The van der Waals surface area contributed by atoms with Crippen LogP contribution in [0.1, 0.15) is 0 Å². The minimum absolute atomic E-state index is 0.408. The van der Waals surface area contributed by atoms with Crippen LogP contribution in [0.3, 0.4) is 0 Å². The Bertz CT molecular complexity index is 839. The first-order valence-corrected chi connectivity index (χ1v) is 6.17. The molecule has 21 heavy (non-hydrogen) atoms. The van der Waals surface area contributed by atoms with Crippen LogP contribution in [0.5, 0.6) is 5.75 Å². The zero-order valence-corrected chi connectivity index (χ0v) is 10.9. The fraction of sp³-hybridized carbons (Fsp3) is 0. The Morgan fingerprint density at radius 2 is 2.05 bits per heavy atom. The summed E-state index contributed by atoms with van der Waals surface area (Å²) in [5.74, 6) is -0.113. The first-order valence-electron chi connectivity index (χ1n) is 6.17. The van der Waals surface area contributed by atoms with Crippen molar-refractivity contribution in [3.05, 3.63) is 55.1 Å². The molecule has 0 spiro atoms. The Hall–Kier alpha value is -3.15. The van der Waals surface area contributed by atoms with E-state index in [0.29, 0.717) is 21.7 Å². The maximum absolute atomic E-state index is 11.2. The van der Waals surface area contributed by atoms with Crippen LogP contribution in [-0.2, 0) is 4.79 Å². The van der Waals surface area contributed by atoms with E-state index >= 15 is 0 Å². The van der Waals surface area contributed by atoms with Gasteiger partial charge in [0.15, 0.2) is 0 Å². The van der Waals surface area contributed by atoms with Gasteiger partial charge in [0.05, 0.1) is 0 Å². The molecule has 0 amide bonds. The molecule has 6 nitrogen and oxygen atoms in total. The van der Waals surface area contributed by atoms with E-state index in [4.69, 9.17) is 4.74 Å². The van der Waals surface area contributed by atoms with Crippen molar-refractivity contribution in [2.24, 2.45) is 0 Å². The second kappa shape index (κ2) is 5.09. The molecule has 0 saturated heterocycles. The highest BCUT2D eigenvalue weighted by atomic mass is 16.5. The van der Waals surface area contributed by atoms with Crippen LogP contribution in [0.2, 0.25) is 0 Å². The number of benzene rings is 2. The second-order valence-electron chi connectivity index (χ2n) is 4.29. The predicted molar refractivity (Wildman–Crippen MR) is 76.0 cm³/mol. The molecule has 1 N–H and O–H groups in total. The van der Waals surface area contributed by atoms with Crippen LogP contribution in [0, 0.1) is 0 Å². The summed E-state index contributed by atoms with van der Waals surface area (Å²) in [6.07, 6.45) is 1.10. The summed E-state index contributed by atoms with van der Waals surface area (Å²) in [4.78, 5) is 11.8. The van der Waals surface area contributed by atoms with E-state index in [0.717, 1.165) is 17.2 Å². The molecule has 0 saturated carbocycles. The molecular formula is C15H11N3O3. The van der Waals surface area contributed by atoms with Crippen molar-refractivity contribution in [3.63, 3.8) is 0 Å². The highest BCUT2D eigenvalue weighted by Crippen LogP contribution is 2.28. The van der Waals surface area contributed by atoms with Crippen LogP contribution < -0.4 is 4.74 Å². The molecule has 104 valence electrons. The molecule has 1 heterocycles. The van der Waals surface area contributed by atoms with Gasteiger partial charge in [0.2, 0.25) is 0 Å². The molecule has 0 aliphatic carbocycles. The normalized spacial score (nSPS) is 10.5. The van der Waals surface area contributed by atoms with Crippen molar-refractivity contribution in [2.45, 2.75) is 0 Å². The molecule has 0 unspecified atom stereocenters. The molecule has 0 aliphatic rings. The summed E-state index contributed by atoms with van der Waals surface area (Å²) < 4.78 is 5.10. The molecule has 6 heteroatoms. The zero-order valence-electron chi connectivity index (χ0n) is 10.9. The van der Waals surface area contributed by atoms with Gasteiger partial charge in [-0.3, -0.25) is 0 Å².